The van der Waals surface area contributed by atoms with Crippen LogP contribution in [0.25, 0.3) is 0 Å². The molecular formula is C24H33NO5. The molecule has 1 aromatic carbocycles. The first-order valence-corrected chi connectivity index (χ1v) is 10.6. The van der Waals surface area contributed by atoms with Crippen molar-refractivity contribution >= 4 is 17.8 Å². The number of fused-ring (bicyclic) bond motifs is 2. The number of hydrogen-bond donors (Lipinski definition) is 1. The van der Waals surface area contributed by atoms with Crippen LogP contribution >= 0.6 is 0 Å². The van der Waals surface area contributed by atoms with E-state index in [1.807, 2.05) is 30.3 Å². The summed E-state index contributed by atoms with van der Waals surface area (Å²) in [5, 5.41) is 2.64. The molecule has 1 amide bonds. The van der Waals surface area contributed by atoms with E-state index in [1.54, 1.807) is 27.7 Å². The van der Waals surface area contributed by atoms with E-state index in [2.05, 4.69) is 19.2 Å². The van der Waals surface area contributed by atoms with E-state index < -0.39 is 29.3 Å². The zero-order valence-electron chi connectivity index (χ0n) is 18.8. The second kappa shape index (κ2) is 7.71. The fraction of sp³-hybridized carbons (Fsp3) is 0.625. The van der Waals surface area contributed by atoms with Gasteiger partial charge in [0.2, 0.25) is 0 Å². The lowest BCUT2D eigenvalue weighted by Gasteiger charge is -2.62. The molecule has 6 nitrogen and oxygen atoms in total. The normalized spacial score (nSPS) is 28.1. The van der Waals surface area contributed by atoms with Gasteiger partial charge >= 0.3 is 12.1 Å². The van der Waals surface area contributed by atoms with Crippen LogP contribution in [0.5, 0.6) is 0 Å². The highest BCUT2D eigenvalue weighted by atomic mass is 16.6. The molecule has 2 bridgehead atoms. The Balaban J connectivity index is 1.79. The Bertz CT molecular complexity index is 826. The quantitative estimate of drug-likeness (QED) is 0.734. The maximum Gasteiger partial charge on any atom is 0.408 e. The van der Waals surface area contributed by atoms with Crippen LogP contribution in [0.4, 0.5) is 4.79 Å². The van der Waals surface area contributed by atoms with Gasteiger partial charge in [0.1, 0.15) is 11.6 Å². The first-order chi connectivity index (χ1) is 13.8. The predicted octanol–water partition coefficient (Wildman–Crippen LogP) is 4.06. The molecule has 3 aliphatic carbocycles. The molecule has 30 heavy (non-hydrogen) atoms. The van der Waals surface area contributed by atoms with E-state index in [-0.39, 0.29) is 23.5 Å². The third-order valence-electron chi connectivity index (χ3n) is 6.69. The number of carbonyl (C=O) groups is 3. The Morgan fingerprint density at radius 1 is 1.17 bits per heavy atom. The number of benzene rings is 1. The first-order valence-electron chi connectivity index (χ1n) is 10.6. The Morgan fingerprint density at radius 2 is 1.80 bits per heavy atom. The number of carbonyl (C=O) groups excluding carboxylic acids is 3. The van der Waals surface area contributed by atoms with E-state index in [4.69, 9.17) is 9.47 Å². The summed E-state index contributed by atoms with van der Waals surface area (Å²) >= 11 is 0. The zero-order valence-corrected chi connectivity index (χ0v) is 18.8. The van der Waals surface area contributed by atoms with Crippen LogP contribution in [0.2, 0.25) is 0 Å². The van der Waals surface area contributed by atoms with Crippen LogP contribution in [0.1, 0.15) is 59.9 Å². The van der Waals surface area contributed by atoms with Crippen LogP contribution in [0.15, 0.2) is 30.3 Å². The Kier molecular flexibility index (Phi) is 5.74. The molecule has 3 saturated carbocycles. The molecule has 1 aromatic rings. The Morgan fingerprint density at radius 3 is 2.37 bits per heavy atom. The van der Waals surface area contributed by atoms with Crippen LogP contribution in [0, 0.1) is 17.3 Å². The number of ether oxygens (including phenoxy) is 2. The average molecular weight is 416 g/mol. The molecule has 0 saturated heterocycles. The number of rotatable bonds is 5. The van der Waals surface area contributed by atoms with Gasteiger partial charge in [-0.25, -0.2) is 9.59 Å². The largest absolute Gasteiger partial charge is 0.449 e. The number of esters is 1. The molecular weight excluding hydrogens is 382 g/mol. The summed E-state index contributed by atoms with van der Waals surface area (Å²) in [4.78, 5) is 38.3. The van der Waals surface area contributed by atoms with Gasteiger partial charge in [-0.15, -0.1) is 0 Å². The molecule has 1 N–H and O–H groups in total. The molecule has 0 heterocycles. The number of hydrogen-bond acceptors (Lipinski definition) is 5. The number of nitrogens with one attached hydrogen (secondary N) is 1. The summed E-state index contributed by atoms with van der Waals surface area (Å²) < 4.78 is 11.2. The summed E-state index contributed by atoms with van der Waals surface area (Å²) in [6, 6.07) is 8.43. The molecule has 0 spiro atoms. The maximum atomic E-state index is 13.2. The summed E-state index contributed by atoms with van der Waals surface area (Å²) in [5.74, 6) is -0.310. The average Bonchev–Trinajstić information content (AvgIpc) is 2.62. The fourth-order valence-electron chi connectivity index (χ4n) is 4.82. The topological polar surface area (TPSA) is 81.7 Å². The third kappa shape index (κ3) is 4.37. The lowest BCUT2D eigenvalue weighted by molar-refractivity contribution is -0.214. The zero-order chi connectivity index (χ0) is 22.3. The monoisotopic (exact) mass is 415 g/mol. The summed E-state index contributed by atoms with van der Waals surface area (Å²) in [6.07, 6.45) is 0.867. The lowest BCUT2D eigenvalue weighted by Crippen LogP contribution is -2.67. The van der Waals surface area contributed by atoms with Crippen LogP contribution in [-0.4, -0.2) is 35.1 Å². The summed E-state index contributed by atoms with van der Waals surface area (Å²) in [7, 11) is 0. The summed E-state index contributed by atoms with van der Waals surface area (Å²) in [5.41, 5.74) is -1.03. The van der Waals surface area contributed by atoms with Gasteiger partial charge in [-0.05, 0) is 51.0 Å². The van der Waals surface area contributed by atoms with Crippen molar-refractivity contribution in [2.24, 2.45) is 17.3 Å². The van der Waals surface area contributed by atoms with Crippen molar-refractivity contribution in [2.75, 3.05) is 0 Å². The molecule has 1 unspecified atom stereocenters. The van der Waals surface area contributed by atoms with Gasteiger partial charge in [-0.1, -0.05) is 44.2 Å². The second-order valence-electron chi connectivity index (χ2n) is 10.4. The second-order valence-corrected chi connectivity index (χ2v) is 10.4. The molecule has 0 aromatic heterocycles. The van der Waals surface area contributed by atoms with E-state index in [1.165, 1.54) is 0 Å². The van der Waals surface area contributed by atoms with Crippen LogP contribution < -0.4 is 5.32 Å². The van der Waals surface area contributed by atoms with Gasteiger partial charge in [-0.3, -0.25) is 4.79 Å². The molecule has 4 atom stereocenters. The standard InChI is InChI=1S/C24H33NO5/c1-22(2,3)30-21(28)25-17(12-15-10-8-7-9-11-15)20(27)29-24(6)18-13-16(14-19(24)26)23(18,4)5/h7-11,16-18H,12-14H2,1-6H3,(H,25,28)/t16-,17?,18-,24-/m1/s1. The van der Waals surface area contributed by atoms with Crippen molar-refractivity contribution in [3.8, 4) is 0 Å². The van der Waals surface area contributed by atoms with Gasteiger partial charge in [0, 0.05) is 18.8 Å². The van der Waals surface area contributed by atoms with Gasteiger partial charge in [0.05, 0.1) is 0 Å². The lowest BCUT2D eigenvalue weighted by atomic mass is 9.44. The van der Waals surface area contributed by atoms with Crippen molar-refractivity contribution in [1.82, 2.24) is 5.32 Å². The molecule has 3 fully saturated rings. The summed E-state index contributed by atoms with van der Waals surface area (Å²) in [6.45, 7) is 11.3. The van der Waals surface area contributed by atoms with Crippen molar-refractivity contribution < 1.29 is 23.9 Å². The van der Waals surface area contributed by atoms with Gasteiger partial charge in [-0.2, -0.15) is 0 Å². The number of ketones is 1. The van der Waals surface area contributed by atoms with E-state index in [0.717, 1.165) is 12.0 Å². The van der Waals surface area contributed by atoms with Crippen LogP contribution in [-0.2, 0) is 25.5 Å². The van der Waals surface area contributed by atoms with Gasteiger partial charge in [0.15, 0.2) is 11.4 Å². The minimum atomic E-state index is -1.17. The fourth-order valence-corrected chi connectivity index (χ4v) is 4.82. The molecule has 164 valence electrons. The molecule has 0 radical (unpaired) electrons. The molecule has 0 aliphatic heterocycles. The highest BCUT2D eigenvalue weighted by Crippen LogP contribution is 2.62. The smallest absolute Gasteiger partial charge is 0.408 e. The third-order valence-corrected chi connectivity index (χ3v) is 6.69. The van der Waals surface area contributed by atoms with E-state index >= 15 is 0 Å². The van der Waals surface area contributed by atoms with E-state index in [0.29, 0.717) is 12.3 Å². The minimum Gasteiger partial charge on any atom is -0.449 e. The predicted molar refractivity (Wildman–Crippen MR) is 113 cm³/mol. The van der Waals surface area contributed by atoms with Crippen molar-refractivity contribution in [3.05, 3.63) is 35.9 Å². The Labute approximate surface area is 178 Å². The first kappa shape index (κ1) is 22.3. The van der Waals surface area contributed by atoms with E-state index in [9.17, 15) is 14.4 Å². The highest BCUT2D eigenvalue weighted by molar-refractivity contribution is 5.93. The SMILES string of the molecule is CC(C)(C)OC(=O)NC(Cc1ccccc1)C(=O)O[C@@]1(C)C(=O)C[C@H]2C[C@@H]1C2(C)C. The number of amides is 1. The van der Waals surface area contributed by atoms with Crippen molar-refractivity contribution in [2.45, 2.75) is 78.0 Å². The maximum absolute atomic E-state index is 13.2. The Hall–Kier alpha value is -2.37. The number of alkyl carbamates (subject to hydrolysis) is 1. The van der Waals surface area contributed by atoms with Crippen LogP contribution in [0.3, 0.4) is 0 Å². The van der Waals surface area contributed by atoms with Gasteiger partial charge < -0.3 is 14.8 Å². The van der Waals surface area contributed by atoms with Crippen molar-refractivity contribution in [3.63, 3.8) is 0 Å². The molecule has 3 aliphatic rings. The van der Waals surface area contributed by atoms with Crippen molar-refractivity contribution in [1.29, 1.82) is 0 Å². The van der Waals surface area contributed by atoms with Gasteiger partial charge in [0.25, 0.3) is 0 Å². The minimum absolute atomic E-state index is 0.0147. The molecule has 4 rings (SSSR count). The molecule has 6 heteroatoms. The highest BCUT2D eigenvalue weighted by Gasteiger charge is 2.65. The number of Topliss-reactive ketones (excluding diaryl/α,β-unsaturated/α-hetero) is 1.